The number of aromatic nitrogens is 2. The maximum atomic E-state index is 12.5. The van der Waals surface area contributed by atoms with Gasteiger partial charge in [-0.2, -0.15) is 5.10 Å². The first-order valence-electron chi connectivity index (χ1n) is 9.07. The quantitative estimate of drug-likeness (QED) is 0.637. The van der Waals surface area contributed by atoms with Gasteiger partial charge in [-0.1, -0.05) is 35.9 Å². The van der Waals surface area contributed by atoms with E-state index in [0.29, 0.717) is 6.54 Å². The van der Waals surface area contributed by atoms with Crippen LogP contribution in [0.2, 0.25) is 0 Å². The first-order chi connectivity index (χ1) is 13.0. The van der Waals surface area contributed by atoms with Crippen molar-refractivity contribution in [2.45, 2.75) is 44.4 Å². The van der Waals surface area contributed by atoms with E-state index in [1.165, 1.54) is 5.56 Å². The summed E-state index contributed by atoms with van der Waals surface area (Å²) in [6.45, 7) is 8.51. The summed E-state index contributed by atoms with van der Waals surface area (Å²) in [5.74, 6) is 0.0341. The van der Waals surface area contributed by atoms with Crippen LogP contribution in [0.5, 0.6) is 0 Å². The number of carbonyl (C=O) groups is 1. The average molecular weight is 380 g/mol. The van der Waals surface area contributed by atoms with Gasteiger partial charge < -0.3 is 5.32 Å². The number of aryl methyl sites for hydroxylation is 2. The molecule has 1 aromatic heterocycles. The highest BCUT2D eigenvalue weighted by atomic mass is 32.2. The molecule has 0 fully saturated rings. The first kappa shape index (κ1) is 19.2. The zero-order valence-electron chi connectivity index (χ0n) is 16.2. The second-order valence-corrected chi connectivity index (χ2v) is 8.10. The number of benzene rings is 2. The Labute approximate surface area is 165 Å². The van der Waals surface area contributed by atoms with E-state index in [9.17, 15) is 4.79 Å². The van der Waals surface area contributed by atoms with Crippen LogP contribution < -0.4 is 5.32 Å². The Balaban J connectivity index is 1.65. The molecule has 0 saturated carbocycles. The van der Waals surface area contributed by atoms with Gasteiger partial charge in [0, 0.05) is 22.7 Å². The lowest BCUT2D eigenvalue weighted by Crippen LogP contribution is -2.30. The molecule has 1 heterocycles. The van der Waals surface area contributed by atoms with Crippen LogP contribution in [-0.4, -0.2) is 20.9 Å². The summed E-state index contributed by atoms with van der Waals surface area (Å²) in [4.78, 5) is 13.6. The summed E-state index contributed by atoms with van der Waals surface area (Å²) in [5.41, 5.74) is 5.31. The lowest BCUT2D eigenvalue weighted by atomic mass is 10.2. The van der Waals surface area contributed by atoms with E-state index in [0.717, 1.165) is 27.5 Å². The van der Waals surface area contributed by atoms with Crippen LogP contribution in [0.3, 0.4) is 0 Å². The van der Waals surface area contributed by atoms with Crippen LogP contribution in [0.15, 0.2) is 59.5 Å². The molecule has 3 aromatic rings. The van der Waals surface area contributed by atoms with Crippen LogP contribution in [0, 0.1) is 20.8 Å². The molecule has 0 bridgehead atoms. The van der Waals surface area contributed by atoms with E-state index in [2.05, 4.69) is 41.6 Å². The third-order valence-corrected chi connectivity index (χ3v) is 5.70. The lowest BCUT2D eigenvalue weighted by Gasteiger charge is -2.12. The summed E-state index contributed by atoms with van der Waals surface area (Å²) in [5, 5.41) is 7.55. The van der Waals surface area contributed by atoms with Crippen LogP contribution in [0.1, 0.15) is 29.4 Å². The number of carbonyl (C=O) groups excluding carboxylic acids is 1. The van der Waals surface area contributed by atoms with Gasteiger partial charge in [0.05, 0.1) is 16.6 Å². The number of para-hydroxylation sites is 1. The van der Waals surface area contributed by atoms with E-state index in [1.54, 1.807) is 11.8 Å². The van der Waals surface area contributed by atoms with E-state index in [4.69, 9.17) is 0 Å². The third-order valence-electron chi connectivity index (χ3n) is 4.58. The SMILES string of the molecule is Cc1ccc(S[C@H](C)C(=O)NCc2c(C)nn(-c3ccccc3)c2C)cc1. The summed E-state index contributed by atoms with van der Waals surface area (Å²) in [6.07, 6.45) is 0. The highest BCUT2D eigenvalue weighted by Crippen LogP contribution is 2.24. The molecule has 1 atom stereocenters. The molecule has 0 saturated heterocycles. The Morgan fingerprint density at radius 3 is 2.41 bits per heavy atom. The van der Waals surface area contributed by atoms with E-state index < -0.39 is 0 Å². The summed E-state index contributed by atoms with van der Waals surface area (Å²) in [6, 6.07) is 18.3. The molecule has 27 heavy (non-hydrogen) atoms. The Hall–Kier alpha value is -2.53. The predicted octanol–water partition coefficient (Wildman–Crippen LogP) is 4.59. The molecule has 1 amide bonds. The normalized spacial score (nSPS) is 12.0. The molecule has 4 nitrogen and oxygen atoms in total. The zero-order chi connectivity index (χ0) is 19.4. The van der Waals surface area contributed by atoms with Gasteiger partial charge in [-0.05, 0) is 52.0 Å². The van der Waals surface area contributed by atoms with Gasteiger partial charge in [-0.15, -0.1) is 11.8 Å². The van der Waals surface area contributed by atoms with Crippen LogP contribution in [0.25, 0.3) is 5.69 Å². The molecular formula is C22H25N3OS. The van der Waals surface area contributed by atoms with Crippen molar-refractivity contribution >= 4 is 17.7 Å². The van der Waals surface area contributed by atoms with Crippen molar-refractivity contribution in [1.29, 1.82) is 0 Å². The summed E-state index contributed by atoms with van der Waals surface area (Å²) >= 11 is 1.57. The fourth-order valence-electron chi connectivity index (χ4n) is 2.95. The van der Waals surface area contributed by atoms with Crippen LogP contribution >= 0.6 is 11.8 Å². The number of thioether (sulfide) groups is 1. The third kappa shape index (κ3) is 4.61. The minimum Gasteiger partial charge on any atom is -0.351 e. The van der Waals surface area contributed by atoms with Gasteiger partial charge in [0.25, 0.3) is 0 Å². The molecule has 1 N–H and O–H groups in total. The second kappa shape index (κ2) is 8.44. The monoisotopic (exact) mass is 379 g/mol. The highest BCUT2D eigenvalue weighted by Gasteiger charge is 2.17. The largest absolute Gasteiger partial charge is 0.351 e. The molecule has 5 heteroatoms. The van der Waals surface area contributed by atoms with Crippen molar-refractivity contribution in [3.05, 3.63) is 77.1 Å². The van der Waals surface area contributed by atoms with Crippen molar-refractivity contribution in [2.75, 3.05) is 0 Å². The molecule has 2 aromatic carbocycles. The van der Waals surface area contributed by atoms with Gasteiger partial charge in [-0.3, -0.25) is 4.79 Å². The van der Waals surface area contributed by atoms with E-state index >= 15 is 0 Å². The molecule has 3 rings (SSSR count). The Morgan fingerprint density at radius 1 is 1.07 bits per heavy atom. The number of rotatable bonds is 6. The number of hydrogen-bond donors (Lipinski definition) is 1. The lowest BCUT2D eigenvalue weighted by molar-refractivity contribution is -0.120. The molecule has 140 valence electrons. The highest BCUT2D eigenvalue weighted by molar-refractivity contribution is 8.00. The summed E-state index contributed by atoms with van der Waals surface area (Å²) in [7, 11) is 0. The minimum absolute atomic E-state index is 0.0341. The summed E-state index contributed by atoms with van der Waals surface area (Å²) < 4.78 is 1.93. The maximum absolute atomic E-state index is 12.5. The first-order valence-corrected chi connectivity index (χ1v) is 9.95. The van der Waals surface area contributed by atoms with E-state index in [-0.39, 0.29) is 11.2 Å². The van der Waals surface area contributed by atoms with Crippen molar-refractivity contribution in [3.8, 4) is 5.69 Å². The van der Waals surface area contributed by atoms with Gasteiger partial charge in [0.15, 0.2) is 0 Å². The fourth-order valence-corrected chi connectivity index (χ4v) is 3.84. The Morgan fingerprint density at radius 2 is 1.74 bits per heavy atom. The average Bonchev–Trinajstić information content (AvgIpc) is 2.96. The van der Waals surface area contributed by atoms with E-state index in [1.807, 2.05) is 55.8 Å². The minimum atomic E-state index is -0.155. The van der Waals surface area contributed by atoms with Crippen LogP contribution in [-0.2, 0) is 11.3 Å². The van der Waals surface area contributed by atoms with Gasteiger partial charge in [-0.25, -0.2) is 4.68 Å². The topological polar surface area (TPSA) is 46.9 Å². The molecule has 0 aliphatic carbocycles. The van der Waals surface area contributed by atoms with Crippen molar-refractivity contribution < 1.29 is 4.79 Å². The Kier molecular flexibility index (Phi) is 6.01. The fraction of sp³-hybridized carbons (Fsp3) is 0.273. The second-order valence-electron chi connectivity index (χ2n) is 6.69. The standard InChI is InChI=1S/C22H25N3OS/c1-15-10-12-20(13-11-15)27-18(4)22(26)23-14-21-16(2)24-25(17(21)3)19-8-6-5-7-9-19/h5-13,18H,14H2,1-4H3,(H,23,26)/t18-/m1/s1. The van der Waals surface area contributed by atoms with Gasteiger partial charge in [0.2, 0.25) is 5.91 Å². The van der Waals surface area contributed by atoms with Gasteiger partial charge >= 0.3 is 0 Å². The van der Waals surface area contributed by atoms with Crippen molar-refractivity contribution in [3.63, 3.8) is 0 Å². The predicted molar refractivity (Wildman–Crippen MR) is 111 cm³/mol. The molecular weight excluding hydrogens is 354 g/mol. The molecule has 0 unspecified atom stereocenters. The number of hydrogen-bond acceptors (Lipinski definition) is 3. The van der Waals surface area contributed by atoms with Gasteiger partial charge in [0.1, 0.15) is 0 Å². The molecule has 0 aliphatic rings. The molecule has 0 aliphatic heterocycles. The number of nitrogens with one attached hydrogen (secondary N) is 1. The van der Waals surface area contributed by atoms with Crippen molar-refractivity contribution in [2.24, 2.45) is 0 Å². The number of amides is 1. The Bertz CT molecular complexity index is 917. The molecule has 0 radical (unpaired) electrons. The molecule has 0 spiro atoms. The van der Waals surface area contributed by atoms with Crippen LogP contribution in [0.4, 0.5) is 0 Å². The number of nitrogens with zero attached hydrogens (tertiary/aromatic N) is 2. The van der Waals surface area contributed by atoms with Crippen molar-refractivity contribution in [1.82, 2.24) is 15.1 Å². The smallest absolute Gasteiger partial charge is 0.233 e. The maximum Gasteiger partial charge on any atom is 0.233 e. The zero-order valence-corrected chi connectivity index (χ0v) is 17.0.